The van der Waals surface area contributed by atoms with Crippen molar-refractivity contribution in [1.82, 2.24) is 0 Å². The van der Waals surface area contributed by atoms with Gasteiger partial charge in [-0.25, -0.2) is 0 Å². The van der Waals surface area contributed by atoms with Crippen molar-refractivity contribution in [2.24, 2.45) is 0 Å². The molecule has 72 heavy (non-hydrogen) atoms. The fraction of sp³-hybridized carbons (Fsp3) is 0. The van der Waals surface area contributed by atoms with Gasteiger partial charge in [0.15, 0.2) is 11.2 Å². The summed E-state index contributed by atoms with van der Waals surface area (Å²) in [7, 11) is 0. The molecule has 4 heterocycles. The van der Waals surface area contributed by atoms with Crippen LogP contribution in [0.15, 0.2) is 248 Å². The molecule has 6 heteroatoms. The Labute approximate surface area is 410 Å². The molecule has 0 radical (unpaired) electrons. The molecule has 0 saturated heterocycles. The van der Waals surface area contributed by atoms with E-state index in [4.69, 9.17) is 17.7 Å². The van der Waals surface area contributed by atoms with Gasteiger partial charge in [-0.1, -0.05) is 109 Å². The van der Waals surface area contributed by atoms with E-state index in [1.807, 2.05) is 12.1 Å². The highest BCUT2D eigenvalue weighted by molar-refractivity contribution is 6.19. The number of nitrogens with zero attached hydrogens (tertiary/aromatic N) is 2. The molecule has 6 nitrogen and oxygen atoms in total. The molecule has 0 aliphatic rings. The lowest BCUT2D eigenvalue weighted by atomic mass is 10.0. The van der Waals surface area contributed by atoms with Gasteiger partial charge in [0, 0.05) is 66.6 Å². The Kier molecular flexibility index (Phi) is 8.07. The summed E-state index contributed by atoms with van der Waals surface area (Å²) in [4.78, 5) is 4.53. The number of benzene rings is 12. The summed E-state index contributed by atoms with van der Waals surface area (Å²) in [6.07, 6.45) is 0. The lowest BCUT2D eigenvalue weighted by Gasteiger charge is -2.25. The third-order valence-electron chi connectivity index (χ3n) is 14.7. The van der Waals surface area contributed by atoms with E-state index in [0.29, 0.717) is 0 Å². The fourth-order valence-corrected chi connectivity index (χ4v) is 11.3. The van der Waals surface area contributed by atoms with Crippen molar-refractivity contribution in [3.63, 3.8) is 0 Å². The number of fused-ring (bicyclic) bond motifs is 15. The summed E-state index contributed by atoms with van der Waals surface area (Å²) < 4.78 is 27.2. The Morgan fingerprint density at radius 3 is 1.00 bits per heavy atom. The average molecular weight is 923 g/mol. The highest BCUT2D eigenvalue weighted by Gasteiger charge is 2.24. The van der Waals surface area contributed by atoms with Crippen molar-refractivity contribution in [2.75, 3.05) is 9.80 Å². The van der Waals surface area contributed by atoms with Crippen molar-refractivity contribution >= 4 is 154 Å². The molecule has 4 aromatic heterocycles. The van der Waals surface area contributed by atoms with Gasteiger partial charge in [-0.2, -0.15) is 0 Å². The van der Waals surface area contributed by atoms with E-state index >= 15 is 0 Å². The van der Waals surface area contributed by atoms with Gasteiger partial charge in [0.1, 0.15) is 33.5 Å². The maximum Gasteiger partial charge on any atom is 0.159 e. The number of anilines is 6. The van der Waals surface area contributed by atoms with E-state index in [0.717, 1.165) is 143 Å². The zero-order valence-electron chi connectivity index (χ0n) is 38.5. The van der Waals surface area contributed by atoms with E-state index < -0.39 is 0 Å². The predicted molar refractivity (Wildman–Crippen MR) is 297 cm³/mol. The van der Waals surface area contributed by atoms with Gasteiger partial charge >= 0.3 is 0 Å². The van der Waals surface area contributed by atoms with Crippen LogP contribution in [0.1, 0.15) is 0 Å². The summed E-state index contributed by atoms with van der Waals surface area (Å²) in [5.74, 6) is 0. The highest BCUT2D eigenvalue weighted by Crippen LogP contribution is 2.47. The molecule has 0 N–H and O–H groups in total. The van der Waals surface area contributed by atoms with Crippen LogP contribution < -0.4 is 9.80 Å². The maximum absolute atomic E-state index is 6.99. The van der Waals surface area contributed by atoms with Crippen LogP contribution in [0, 0.1) is 0 Å². The molecule has 0 aliphatic heterocycles. The molecule has 0 spiro atoms. The molecule has 12 aromatic carbocycles. The van der Waals surface area contributed by atoms with Gasteiger partial charge < -0.3 is 27.5 Å². The zero-order valence-corrected chi connectivity index (χ0v) is 38.5. The summed E-state index contributed by atoms with van der Waals surface area (Å²) in [5.41, 5.74) is 12.5. The third-order valence-corrected chi connectivity index (χ3v) is 14.7. The largest absolute Gasteiger partial charge is 0.456 e. The molecule has 0 fully saturated rings. The minimum Gasteiger partial charge on any atom is -0.456 e. The smallest absolute Gasteiger partial charge is 0.159 e. The lowest BCUT2D eigenvalue weighted by Crippen LogP contribution is -2.09. The third kappa shape index (κ3) is 5.84. The molecule has 0 unspecified atom stereocenters. The van der Waals surface area contributed by atoms with Crippen LogP contribution in [0.2, 0.25) is 0 Å². The topological polar surface area (TPSA) is 59.0 Å². The zero-order chi connectivity index (χ0) is 47.0. The maximum atomic E-state index is 6.99. The molecule has 0 atom stereocenters. The average Bonchev–Trinajstić information content (AvgIpc) is 4.18. The van der Waals surface area contributed by atoms with E-state index in [1.165, 1.54) is 10.8 Å². The van der Waals surface area contributed by atoms with Gasteiger partial charge in [0.2, 0.25) is 0 Å². The van der Waals surface area contributed by atoms with Crippen LogP contribution in [-0.4, -0.2) is 0 Å². The molecule has 16 aromatic rings. The second-order valence-electron chi connectivity index (χ2n) is 18.9. The van der Waals surface area contributed by atoms with Crippen molar-refractivity contribution < 1.29 is 17.7 Å². The molecule has 16 rings (SSSR count). The molecule has 0 bridgehead atoms. The van der Waals surface area contributed by atoms with Crippen molar-refractivity contribution in [3.8, 4) is 0 Å². The van der Waals surface area contributed by atoms with E-state index in [-0.39, 0.29) is 0 Å². The summed E-state index contributed by atoms with van der Waals surface area (Å²) >= 11 is 0. The van der Waals surface area contributed by atoms with Crippen LogP contribution in [0.25, 0.3) is 120 Å². The first-order chi connectivity index (χ1) is 35.6. The number of furan rings is 4. The number of hydrogen-bond donors (Lipinski definition) is 0. The van der Waals surface area contributed by atoms with E-state index in [9.17, 15) is 0 Å². The molecular formula is C66H38N2O4. The highest BCUT2D eigenvalue weighted by atomic mass is 16.3. The second kappa shape index (κ2) is 14.9. The monoisotopic (exact) mass is 922 g/mol. The van der Waals surface area contributed by atoms with Gasteiger partial charge in [-0.15, -0.1) is 0 Å². The van der Waals surface area contributed by atoms with Crippen molar-refractivity contribution in [3.05, 3.63) is 231 Å². The quantitative estimate of drug-likeness (QED) is 0.166. The van der Waals surface area contributed by atoms with Crippen molar-refractivity contribution in [1.29, 1.82) is 0 Å². The van der Waals surface area contributed by atoms with E-state index in [2.05, 4.69) is 228 Å². The number of para-hydroxylation sites is 4. The van der Waals surface area contributed by atoms with Crippen LogP contribution >= 0.6 is 0 Å². The minimum atomic E-state index is 0.802. The predicted octanol–water partition coefficient (Wildman–Crippen LogP) is 19.7. The van der Waals surface area contributed by atoms with Gasteiger partial charge in [-0.3, -0.25) is 0 Å². The Balaban J connectivity index is 0.827. The Morgan fingerprint density at radius 2 is 0.556 bits per heavy atom. The molecular weight excluding hydrogens is 885 g/mol. The summed E-state index contributed by atoms with van der Waals surface area (Å²) in [6, 6.07) is 81.2. The Hall–Kier alpha value is -9.78. The van der Waals surface area contributed by atoms with Crippen LogP contribution in [0.5, 0.6) is 0 Å². The SMILES string of the molecule is c1ccc(N(c2ccc3c(c2)oc2cc4ccccc4cc23)c2cccc3c2oc2cc4cc5c(cc4cc23)oc2c(N(c3ccccc3)c3ccc4c(c3)oc3cc6ccccc6cc34)cccc25)cc1. The first kappa shape index (κ1) is 39.1. The van der Waals surface area contributed by atoms with Gasteiger partial charge in [0.05, 0.1) is 22.7 Å². The summed E-state index contributed by atoms with van der Waals surface area (Å²) in [5, 5.41) is 15.3. The van der Waals surface area contributed by atoms with E-state index in [1.54, 1.807) is 0 Å². The van der Waals surface area contributed by atoms with Crippen LogP contribution in [0.4, 0.5) is 34.1 Å². The minimum absolute atomic E-state index is 0.802. The fourth-order valence-electron chi connectivity index (χ4n) is 11.3. The standard InChI is InChI=1S/C66H38N2O4/c1-3-17-45(18-4-1)67(47-25-27-49-53-29-39-13-7-9-15-41(39)33-59(53)69-63(49)37-47)57-23-11-21-51-55-31-43-36-62-56(32-44(43)35-61(55)71-65(51)57)52-22-12-24-58(66(52)72-62)68(46-19-5-2-6-20-46)48-26-28-50-54-30-40-14-8-10-16-42(40)34-60(54)70-64(50)38-48/h1-38H. The van der Waals surface area contributed by atoms with Crippen molar-refractivity contribution in [2.45, 2.75) is 0 Å². The molecule has 336 valence electrons. The normalized spacial score (nSPS) is 12.2. The second-order valence-corrected chi connectivity index (χ2v) is 18.9. The van der Waals surface area contributed by atoms with Crippen LogP contribution in [0.3, 0.4) is 0 Å². The lowest BCUT2D eigenvalue weighted by molar-refractivity contribution is 0.667. The molecule has 0 amide bonds. The Bertz CT molecular complexity index is 4580. The number of rotatable bonds is 6. The molecule has 0 aliphatic carbocycles. The molecule has 0 saturated carbocycles. The first-order valence-corrected chi connectivity index (χ1v) is 24.3. The van der Waals surface area contributed by atoms with Gasteiger partial charge in [-0.05, 0) is 142 Å². The summed E-state index contributed by atoms with van der Waals surface area (Å²) in [6.45, 7) is 0. The Morgan fingerprint density at radius 1 is 0.208 bits per heavy atom. The van der Waals surface area contributed by atoms with Gasteiger partial charge in [0.25, 0.3) is 0 Å². The number of hydrogen-bond acceptors (Lipinski definition) is 6. The first-order valence-electron chi connectivity index (χ1n) is 24.3. The van der Waals surface area contributed by atoms with Crippen LogP contribution in [-0.2, 0) is 0 Å².